The van der Waals surface area contributed by atoms with Gasteiger partial charge in [-0.05, 0) is 12.8 Å². The number of H-pyrrole nitrogens is 1. The summed E-state index contributed by atoms with van der Waals surface area (Å²) in [4.78, 5) is 17.8. The standard InChI is InChI=1S/C11H15N3O2/c1-3-4-5-6-7-12-10-9(16-2)11(15)14-8-13-10/h1,8H,4-7H2,2H3,(H2,12,13,14,15). The molecule has 0 saturated carbocycles. The lowest BCUT2D eigenvalue weighted by molar-refractivity contribution is 0.408. The van der Waals surface area contributed by atoms with E-state index in [0.29, 0.717) is 12.4 Å². The van der Waals surface area contributed by atoms with Gasteiger partial charge in [0.15, 0.2) is 5.82 Å². The smallest absolute Gasteiger partial charge is 0.295 e. The summed E-state index contributed by atoms with van der Waals surface area (Å²) in [5, 5.41) is 3.04. The van der Waals surface area contributed by atoms with Crippen LogP contribution >= 0.6 is 0 Å². The fraction of sp³-hybridized carbons (Fsp3) is 0.455. The van der Waals surface area contributed by atoms with Crippen molar-refractivity contribution >= 4 is 5.82 Å². The van der Waals surface area contributed by atoms with Gasteiger partial charge in [0.2, 0.25) is 5.75 Å². The van der Waals surface area contributed by atoms with Gasteiger partial charge >= 0.3 is 0 Å². The van der Waals surface area contributed by atoms with Gasteiger partial charge in [-0.25, -0.2) is 4.98 Å². The van der Waals surface area contributed by atoms with Crippen molar-refractivity contribution in [1.82, 2.24) is 9.97 Å². The number of terminal acetylenes is 1. The van der Waals surface area contributed by atoms with Gasteiger partial charge in [0, 0.05) is 13.0 Å². The number of methoxy groups -OCH3 is 1. The van der Waals surface area contributed by atoms with E-state index in [1.165, 1.54) is 13.4 Å². The second-order valence-corrected chi connectivity index (χ2v) is 3.20. The monoisotopic (exact) mass is 221 g/mol. The van der Waals surface area contributed by atoms with E-state index >= 15 is 0 Å². The molecule has 0 aliphatic rings. The predicted molar refractivity (Wildman–Crippen MR) is 62.6 cm³/mol. The number of ether oxygens (including phenoxy) is 1. The minimum absolute atomic E-state index is 0.208. The normalized spacial score (nSPS) is 9.50. The maximum absolute atomic E-state index is 11.3. The number of nitrogens with one attached hydrogen (secondary N) is 2. The van der Waals surface area contributed by atoms with Crippen molar-refractivity contribution in [3.8, 4) is 18.1 Å². The first-order valence-corrected chi connectivity index (χ1v) is 5.08. The summed E-state index contributed by atoms with van der Waals surface area (Å²) in [6, 6.07) is 0. The van der Waals surface area contributed by atoms with E-state index in [4.69, 9.17) is 11.2 Å². The number of unbranched alkanes of at least 4 members (excludes halogenated alkanes) is 2. The molecule has 1 rings (SSSR count). The highest BCUT2D eigenvalue weighted by Gasteiger charge is 2.07. The second-order valence-electron chi connectivity index (χ2n) is 3.20. The number of hydrogen-bond acceptors (Lipinski definition) is 4. The lowest BCUT2D eigenvalue weighted by Gasteiger charge is -2.07. The van der Waals surface area contributed by atoms with Gasteiger partial charge in [-0.3, -0.25) is 4.79 Å². The maximum atomic E-state index is 11.3. The van der Waals surface area contributed by atoms with Crippen LogP contribution in [0.4, 0.5) is 5.82 Å². The number of hydrogen-bond donors (Lipinski definition) is 2. The highest BCUT2D eigenvalue weighted by atomic mass is 16.5. The molecule has 5 heteroatoms. The van der Waals surface area contributed by atoms with Crippen molar-refractivity contribution < 1.29 is 4.74 Å². The zero-order valence-electron chi connectivity index (χ0n) is 9.25. The van der Waals surface area contributed by atoms with Crippen LogP contribution in [0.15, 0.2) is 11.1 Å². The van der Waals surface area contributed by atoms with E-state index in [9.17, 15) is 4.79 Å². The molecule has 0 atom stereocenters. The molecule has 0 spiro atoms. The van der Waals surface area contributed by atoms with E-state index in [2.05, 4.69) is 21.2 Å². The minimum Gasteiger partial charge on any atom is -0.489 e. The van der Waals surface area contributed by atoms with Crippen LogP contribution in [0.2, 0.25) is 0 Å². The number of anilines is 1. The van der Waals surface area contributed by atoms with Gasteiger partial charge in [-0.15, -0.1) is 12.3 Å². The molecule has 5 nitrogen and oxygen atoms in total. The van der Waals surface area contributed by atoms with Crippen molar-refractivity contribution in [2.75, 3.05) is 19.0 Å². The van der Waals surface area contributed by atoms with Crippen molar-refractivity contribution in [3.63, 3.8) is 0 Å². The molecule has 2 N–H and O–H groups in total. The average molecular weight is 221 g/mol. The molecule has 0 amide bonds. The first kappa shape index (κ1) is 12.1. The number of nitrogens with zero attached hydrogens (tertiary/aromatic N) is 1. The van der Waals surface area contributed by atoms with E-state index in [1.807, 2.05) is 0 Å². The van der Waals surface area contributed by atoms with Crippen LogP contribution in [0, 0.1) is 12.3 Å². The molecular weight excluding hydrogens is 206 g/mol. The molecule has 0 unspecified atom stereocenters. The lowest BCUT2D eigenvalue weighted by Crippen LogP contribution is -2.14. The topological polar surface area (TPSA) is 67.0 Å². The zero-order chi connectivity index (χ0) is 11.8. The third-order valence-corrected chi connectivity index (χ3v) is 2.06. The van der Waals surface area contributed by atoms with Gasteiger partial charge in [0.05, 0.1) is 13.4 Å². The summed E-state index contributed by atoms with van der Waals surface area (Å²) in [5.41, 5.74) is -0.288. The fourth-order valence-electron chi connectivity index (χ4n) is 1.26. The SMILES string of the molecule is C#CCCCCNc1nc[nH]c(=O)c1OC. The Labute approximate surface area is 94.2 Å². The zero-order valence-corrected chi connectivity index (χ0v) is 9.25. The molecule has 86 valence electrons. The van der Waals surface area contributed by atoms with Crippen molar-refractivity contribution in [2.24, 2.45) is 0 Å². The van der Waals surface area contributed by atoms with Crippen LogP contribution < -0.4 is 15.6 Å². The Hall–Kier alpha value is -1.96. The molecule has 0 fully saturated rings. The van der Waals surface area contributed by atoms with E-state index in [1.54, 1.807) is 0 Å². The summed E-state index contributed by atoms with van der Waals surface area (Å²) in [5.74, 6) is 3.25. The van der Waals surface area contributed by atoms with E-state index in [0.717, 1.165) is 19.3 Å². The average Bonchev–Trinajstić information content (AvgIpc) is 2.29. The van der Waals surface area contributed by atoms with Gasteiger partial charge in [0.1, 0.15) is 0 Å². The third kappa shape index (κ3) is 3.31. The maximum Gasteiger partial charge on any atom is 0.295 e. The highest BCUT2D eigenvalue weighted by molar-refractivity contribution is 5.47. The molecule has 16 heavy (non-hydrogen) atoms. The Morgan fingerprint density at radius 1 is 1.62 bits per heavy atom. The Bertz CT molecular complexity index is 420. The molecule has 0 radical (unpaired) electrons. The predicted octanol–water partition coefficient (Wildman–Crippen LogP) is 0.994. The first-order chi connectivity index (χ1) is 7.79. The van der Waals surface area contributed by atoms with Gasteiger partial charge in [-0.2, -0.15) is 0 Å². The Balaban J connectivity index is 2.51. The van der Waals surface area contributed by atoms with Gasteiger partial charge in [0.25, 0.3) is 5.56 Å². The number of aromatic nitrogens is 2. The third-order valence-electron chi connectivity index (χ3n) is 2.06. The van der Waals surface area contributed by atoms with Crippen molar-refractivity contribution in [2.45, 2.75) is 19.3 Å². The summed E-state index contributed by atoms with van der Waals surface area (Å²) in [6.07, 6.45) is 9.13. The van der Waals surface area contributed by atoms with Crippen LogP contribution in [-0.2, 0) is 0 Å². The summed E-state index contributed by atoms with van der Waals surface area (Å²) in [6.45, 7) is 0.717. The molecular formula is C11H15N3O2. The van der Waals surface area contributed by atoms with Crippen molar-refractivity contribution in [1.29, 1.82) is 0 Å². The summed E-state index contributed by atoms with van der Waals surface area (Å²) >= 11 is 0. The highest BCUT2D eigenvalue weighted by Crippen LogP contribution is 2.13. The molecule has 0 aliphatic heterocycles. The van der Waals surface area contributed by atoms with Crippen LogP contribution in [0.25, 0.3) is 0 Å². The van der Waals surface area contributed by atoms with Gasteiger partial charge in [-0.1, -0.05) is 0 Å². The van der Waals surface area contributed by atoms with Gasteiger partial charge < -0.3 is 15.0 Å². The quantitative estimate of drug-likeness (QED) is 0.555. The van der Waals surface area contributed by atoms with Crippen LogP contribution in [0.1, 0.15) is 19.3 Å². The molecule has 1 aromatic rings. The Morgan fingerprint density at radius 2 is 2.44 bits per heavy atom. The van der Waals surface area contributed by atoms with Crippen LogP contribution in [-0.4, -0.2) is 23.6 Å². The first-order valence-electron chi connectivity index (χ1n) is 5.08. The van der Waals surface area contributed by atoms with E-state index in [-0.39, 0.29) is 11.3 Å². The van der Waals surface area contributed by atoms with E-state index < -0.39 is 0 Å². The molecule has 0 aliphatic carbocycles. The minimum atomic E-state index is -0.288. The molecule has 1 heterocycles. The van der Waals surface area contributed by atoms with Crippen molar-refractivity contribution in [3.05, 3.63) is 16.7 Å². The molecule has 0 bridgehead atoms. The fourth-order valence-corrected chi connectivity index (χ4v) is 1.26. The largest absolute Gasteiger partial charge is 0.489 e. The van der Waals surface area contributed by atoms with Crippen LogP contribution in [0.5, 0.6) is 5.75 Å². The Morgan fingerprint density at radius 3 is 3.12 bits per heavy atom. The summed E-state index contributed by atoms with van der Waals surface area (Å²) in [7, 11) is 1.44. The molecule has 0 aromatic carbocycles. The second kappa shape index (κ2) is 6.51. The Kier molecular flexibility index (Phi) is 4.93. The van der Waals surface area contributed by atoms with Crippen LogP contribution in [0.3, 0.4) is 0 Å². The molecule has 0 saturated heterocycles. The summed E-state index contributed by atoms with van der Waals surface area (Å²) < 4.78 is 4.95. The number of rotatable bonds is 6. The number of aromatic amines is 1. The molecule has 1 aromatic heterocycles. The lowest BCUT2D eigenvalue weighted by atomic mass is 10.2.